The maximum atomic E-state index is 12.5. The highest BCUT2D eigenvalue weighted by molar-refractivity contribution is 6.12. The molecule has 1 saturated heterocycles. The largest absolute Gasteiger partial charge is 0.339 e. The van der Waals surface area contributed by atoms with E-state index < -0.39 is 0 Å². The molecular weight excluding hydrogens is 400 g/mol. The normalized spacial score (nSPS) is 18.6. The summed E-state index contributed by atoms with van der Waals surface area (Å²) < 4.78 is 0. The molecule has 0 aromatic carbocycles. The summed E-state index contributed by atoms with van der Waals surface area (Å²) in [6.45, 7) is 7.09. The lowest BCUT2D eigenvalue weighted by Crippen LogP contribution is -3.14. The van der Waals surface area contributed by atoms with Crippen molar-refractivity contribution in [3.63, 3.8) is 0 Å². The molecule has 9 heteroatoms. The molecule has 1 N–H and O–H groups in total. The van der Waals surface area contributed by atoms with Gasteiger partial charge >= 0.3 is 0 Å². The number of quaternary nitrogens is 1. The number of aldehydes is 1. The van der Waals surface area contributed by atoms with Gasteiger partial charge in [-0.2, -0.15) is 0 Å². The highest BCUT2D eigenvalue weighted by Gasteiger charge is 2.26. The molecule has 2 rings (SSSR count). The number of imide groups is 1. The second-order valence-corrected chi connectivity index (χ2v) is 8.63. The van der Waals surface area contributed by atoms with E-state index in [-0.39, 0.29) is 48.6 Å². The number of nitrogens with one attached hydrogen (secondary N) is 1. The Kier molecular flexibility index (Phi) is 9.36. The molecular formula is C22H35N4O5+. The van der Waals surface area contributed by atoms with Crippen LogP contribution in [-0.4, -0.2) is 97.0 Å². The van der Waals surface area contributed by atoms with Gasteiger partial charge in [0.05, 0.1) is 13.6 Å². The minimum Gasteiger partial charge on any atom is -0.339 e. The van der Waals surface area contributed by atoms with E-state index in [2.05, 4.69) is 0 Å². The molecule has 0 spiro atoms. The molecule has 172 valence electrons. The third-order valence-corrected chi connectivity index (χ3v) is 6.05. The zero-order valence-corrected chi connectivity index (χ0v) is 18.8. The molecule has 0 aliphatic carbocycles. The van der Waals surface area contributed by atoms with Crippen LogP contribution in [0.5, 0.6) is 0 Å². The topological polar surface area (TPSA) is 99.5 Å². The summed E-state index contributed by atoms with van der Waals surface area (Å²) in [7, 11) is 1.99. The number of likely N-dealkylation sites (N-methyl/N-ethyl adjacent to an activating group) is 1. The molecule has 1 fully saturated rings. The number of piperazine rings is 1. The van der Waals surface area contributed by atoms with E-state index in [0.717, 1.165) is 29.1 Å². The zero-order chi connectivity index (χ0) is 23.0. The highest BCUT2D eigenvalue weighted by Crippen LogP contribution is 2.10. The lowest BCUT2D eigenvalue weighted by molar-refractivity contribution is -0.898. The molecule has 2 atom stereocenters. The van der Waals surface area contributed by atoms with Crippen LogP contribution in [0, 0.1) is 5.92 Å². The fourth-order valence-electron chi connectivity index (χ4n) is 4.09. The summed E-state index contributed by atoms with van der Waals surface area (Å²) in [4.78, 5) is 64.9. The van der Waals surface area contributed by atoms with Crippen molar-refractivity contribution in [1.29, 1.82) is 0 Å². The van der Waals surface area contributed by atoms with Crippen LogP contribution in [0.15, 0.2) is 12.2 Å². The molecule has 2 heterocycles. The Morgan fingerprint density at radius 1 is 0.968 bits per heavy atom. The van der Waals surface area contributed by atoms with Crippen LogP contribution in [0.25, 0.3) is 0 Å². The van der Waals surface area contributed by atoms with Gasteiger partial charge in [-0.15, -0.1) is 0 Å². The Morgan fingerprint density at radius 2 is 1.45 bits per heavy atom. The second kappa shape index (κ2) is 11.7. The molecule has 0 aromatic rings. The predicted molar refractivity (Wildman–Crippen MR) is 114 cm³/mol. The molecule has 0 saturated carbocycles. The molecule has 31 heavy (non-hydrogen) atoms. The van der Waals surface area contributed by atoms with Gasteiger partial charge in [-0.3, -0.25) is 28.9 Å². The standard InChI is InChI=1S/C22H34N4O5/c1-17(2)18(16-27)23(3)10-4-6-19(28)24-12-14-25(15-13-24)20(29)7-5-11-26-21(30)8-9-22(26)31/h8-9,16-18H,4-7,10-15H2,1-3H3/p+1/t18-/m1/s1. The summed E-state index contributed by atoms with van der Waals surface area (Å²) in [6.07, 6.45) is 5.36. The third-order valence-electron chi connectivity index (χ3n) is 6.05. The van der Waals surface area contributed by atoms with Gasteiger partial charge in [0.25, 0.3) is 11.8 Å². The lowest BCUT2D eigenvalue weighted by Gasteiger charge is -2.35. The van der Waals surface area contributed by atoms with Crippen molar-refractivity contribution in [2.45, 2.75) is 45.6 Å². The number of carbonyl (C=O) groups is 5. The van der Waals surface area contributed by atoms with Crippen LogP contribution in [0.1, 0.15) is 39.5 Å². The van der Waals surface area contributed by atoms with Gasteiger partial charge in [0.15, 0.2) is 6.29 Å². The number of nitrogens with zero attached hydrogens (tertiary/aromatic N) is 3. The molecule has 4 amide bonds. The number of hydrogen-bond donors (Lipinski definition) is 1. The van der Waals surface area contributed by atoms with Crippen molar-refractivity contribution in [3.8, 4) is 0 Å². The molecule has 0 aromatic heterocycles. The minimum absolute atomic E-state index is 0.0158. The number of amides is 4. The Morgan fingerprint density at radius 3 is 1.90 bits per heavy atom. The van der Waals surface area contributed by atoms with E-state index in [1.165, 1.54) is 12.2 Å². The van der Waals surface area contributed by atoms with Gasteiger partial charge in [-0.05, 0) is 6.42 Å². The Bertz CT molecular complexity index is 695. The van der Waals surface area contributed by atoms with Crippen LogP contribution in [-0.2, 0) is 24.0 Å². The monoisotopic (exact) mass is 435 g/mol. The average Bonchev–Trinajstić information content (AvgIpc) is 3.06. The van der Waals surface area contributed by atoms with Gasteiger partial charge in [0.1, 0.15) is 6.04 Å². The Labute approximate surface area is 184 Å². The van der Waals surface area contributed by atoms with Gasteiger partial charge < -0.3 is 14.7 Å². The van der Waals surface area contributed by atoms with E-state index in [9.17, 15) is 24.0 Å². The molecule has 1 unspecified atom stereocenters. The van der Waals surface area contributed by atoms with E-state index in [4.69, 9.17) is 0 Å². The Balaban J connectivity index is 1.64. The summed E-state index contributed by atoms with van der Waals surface area (Å²) in [5, 5.41) is 0. The van der Waals surface area contributed by atoms with Crippen LogP contribution < -0.4 is 4.90 Å². The number of rotatable bonds is 11. The van der Waals surface area contributed by atoms with E-state index in [0.29, 0.717) is 39.0 Å². The van der Waals surface area contributed by atoms with Crippen molar-refractivity contribution in [2.75, 3.05) is 46.3 Å². The fourth-order valence-corrected chi connectivity index (χ4v) is 4.09. The summed E-state index contributed by atoms with van der Waals surface area (Å²) in [6, 6.07) is -0.0531. The first-order chi connectivity index (χ1) is 14.7. The predicted octanol–water partition coefficient (Wildman–Crippen LogP) is -1.12. The van der Waals surface area contributed by atoms with Crippen molar-refractivity contribution < 1.29 is 28.9 Å². The van der Waals surface area contributed by atoms with Gasteiger partial charge in [0.2, 0.25) is 11.8 Å². The zero-order valence-electron chi connectivity index (χ0n) is 18.8. The van der Waals surface area contributed by atoms with Crippen molar-refractivity contribution in [1.82, 2.24) is 14.7 Å². The quantitative estimate of drug-likeness (QED) is 0.327. The average molecular weight is 436 g/mol. The minimum atomic E-state index is -0.330. The smallest absolute Gasteiger partial charge is 0.253 e. The van der Waals surface area contributed by atoms with Gasteiger partial charge in [-0.25, -0.2) is 0 Å². The summed E-state index contributed by atoms with van der Waals surface area (Å²) in [5.41, 5.74) is 0. The maximum Gasteiger partial charge on any atom is 0.253 e. The van der Waals surface area contributed by atoms with Crippen LogP contribution >= 0.6 is 0 Å². The third kappa shape index (κ3) is 6.99. The number of hydrogen-bond acceptors (Lipinski definition) is 5. The fraction of sp³-hybridized carbons (Fsp3) is 0.682. The summed E-state index contributed by atoms with van der Waals surface area (Å²) in [5.74, 6) is -0.318. The Hall–Kier alpha value is -2.55. The first kappa shape index (κ1) is 24.7. The number of carbonyl (C=O) groups excluding carboxylic acids is 5. The molecule has 2 aliphatic rings. The molecule has 0 bridgehead atoms. The summed E-state index contributed by atoms with van der Waals surface area (Å²) >= 11 is 0. The van der Waals surface area contributed by atoms with Crippen molar-refractivity contribution >= 4 is 29.9 Å². The van der Waals surface area contributed by atoms with Crippen molar-refractivity contribution in [2.24, 2.45) is 5.92 Å². The second-order valence-electron chi connectivity index (χ2n) is 8.63. The van der Waals surface area contributed by atoms with E-state index in [1.54, 1.807) is 9.80 Å². The maximum absolute atomic E-state index is 12.5. The van der Waals surface area contributed by atoms with Crippen LogP contribution in [0.4, 0.5) is 0 Å². The van der Waals surface area contributed by atoms with Crippen LogP contribution in [0.2, 0.25) is 0 Å². The first-order valence-electron chi connectivity index (χ1n) is 11.1. The van der Waals surface area contributed by atoms with Crippen LogP contribution in [0.3, 0.4) is 0 Å². The molecule has 9 nitrogen and oxygen atoms in total. The van der Waals surface area contributed by atoms with E-state index >= 15 is 0 Å². The molecule has 0 radical (unpaired) electrons. The van der Waals surface area contributed by atoms with Gasteiger partial charge in [-0.1, -0.05) is 13.8 Å². The van der Waals surface area contributed by atoms with Gasteiger partial charge in [0, 0.05) is 70.1 Å². The molecule has 2 aliphatic heterocycles. The van der Waals surface area contributed by atoms with E-state index in [1.807, 2.05) is 20.9 Å². The lowest BCUT2D eigenvalue weighted by atomic mass is 10.0. The first-order valence-corrected chi connectivity index (χ1v) is 11.1. The van der Waals surface area contributed by atoms with Crippen molar-refractivity contribution in [3.05, 3.63) is 12.2 Å². The SMILES string of the molecule is CC(C)[C@@H](C=O)[NH+](C)CCCC(=O)N1CCN(C(=O)CCCN2C(=O)C=CC2=O)CC1. The highest BCUT2D eigenvalue weighted by atomic mass is 16.2.